The zero-order valence-corrected chi connectivity index (χ0v) is 18.4. The lowest BCUT2D eigenvalue weighted by Gasteiger charge is -2.36. The van der Waals surface area contributed by atoms with Gasteiger partial charge in [0.2, 0.25) is 10.0 Å². The van der Waals surface area contributed by atoms with Gasteiger partial charge in [-0.2, -0.15) is 4.31 Å². The van der Waals surface area contributed by atoms with Crippen LogP contribution in [0.5, 0.6) is 0 Å². The molecule has 1 unspecified atom stereocenters. The van der Waals surface area contributed by atoms with Crippen LogP contribution in [0.15, 0.2) is 23.5 Å². The van der Waals surface area contributed by atoms with E-state index in [1.165, 1.54) is 14.9 Å². The van der Waals surface area contributed by atoms with Crippen molar-refractivity contribution in [2.45, 2.75) is 50.7 Å². The third kappa shape index (κ3) is 3.75. The Morgan fingerprint density at radius 3 is 2.84 bits per heavy atom. The maximum atomic E-state index is 13.3. The third-order valence-corrected chi connectivity index (χ3v) is 8.57. The van der Waals surface area contributed by atoms with Gasteiger partial charge in [-0.05, 0) is 25.7 Å². The van der Waals surface area contributed by atoms with E-state index in [1.807, 2.05) is 6.07 Å². The summed E-state index contributed by atoms with van der Waals surface area (Å²) >= 11 is 0. The highest BCUT2D eigenvalue weighted by molar-refractivity contribution is 7.89. The molecule has 0 bridgehead atoms. The minimum atomic E-state index is -3.42. The lowest BCUT2D eigenvalue weighted by molar-refractivity contribution is 0.0286. The summed E-state index contributed by atoms with van der Waals surface area (Å²) in [5.41, 5.74) is 2.80. The van der Waals surface area contributed by atoms with Crippen molar-refractivity contribution in [3.63, 3.8) is 0 Å². The molecular weight excluding hydrogens is 418 g/mol. The molecule has 1 N–H and O–H groups in total. The molecule has 0 aromatic carbocycles. The predicted molar refractivity (Wildman–Crippen MR) is 116 cm³/mol. The number of hydrogen-bond acceptors (Lipinski definition) is 6. The molecule has 3 aliphatic rings. The number of nitrogens with zero attached hydrogens (tertiary/aromatic N) is 4. The molecule has 3 aliphatic heterocycles. The first kappa shape index (κ1) is 20.9. The molecule has 5 heterocycles. The van der Waals surface area contributed by atoms with Crippen molar-refractivity contribution >= 4 is 15.7 Å². The van der Waals surface area contributed by atoms with Crippen molar-refractivity contribution in [1.29, 1.82) is 0 Å². The molecule has 168 valence electrons. The van der Waals surface area contributed by atoms with Gasteiger partial charge < -0.3 is 4.74 Å². The molecule has 5 rings (SSSR count). The van der Waals surface area contributed by atoms with Crippen LogP contribution >= 0.6 is 0 Å². The molecule has 2 saturated heterocycles. The topological polar surface area (TPSA) is 100 Å². The van der Waals surface area contributed by atoms with Gasteiger partial charge in [-0.1, -0.05) is 6.08 Å². The van der Waals surface area contributed by atoms with E-state index >= 15 is 0 Å². The number of fused-ring (bicyclic) bond motifs is 2. The van der Waals surface area contributed by atoms with Crippen molar-refractivity contribution < 1.29 is 13.2 Å². The molecule has 9 nitrogen and oxygen atoms in total. The molecule has 10 heteroatoms. The first-order valence-corrected chi connectivity index (χ1v) is 12.6. The smallest absolute Gasteiger partial charge is 0.277 e. The Morgan fingerprint density at radius 2 is 2.06 bits per heavy atom. The average Bonchev–Trinajstić information content (AvgIpc) is 3.42. The van der Waals surface area contributed by atoms with Crippen LogP contribution in [0, 0.1) is 0 Å². The molecule has 2 aromatic rings. The quantitative estimate of drug-likeness (QED) is 0.692. The van der Waals surface area contributed by atoms with Crippen molar-refractivity contribution in [2.75, 3.05) is 32.1 Å². The fourth-order valence-electron chi connectivity index (χ4n) is 5.18. The first-order chi connectivity index (χ1) is 15.0. The normalized spacial score (nSPS) is 23.9. The number of ether oxygens (including phenoxy) is 1. The molecule has 1 atom stereocenters. The van der Waals surface area contributed by atoms with Gasteiger partial charge in [0.05, 0.1) is 28.7 Å². The molecule has 2 aromatic heterocycles. The zero-order chi connectivity index (χ0) is 21.6. The number of sulfonamides is 1. The second-order valence-corrected chi connectivity index (χ2v) is 10.6. The van der Waals surface area contributed by atoms with Gasteiger partial charge in [0.25, 0.3) is 5.56 Å². The third-order valence-electron chi connectivity index (χ3n) is 6.77. The number of aromatic amines is 1. The molecule has 0 radical (unpaired) electrons. The summed E-state index contributed by atoms with van der Waals surface area (Å²) in [4.78, 5) is 20.5. The summed E-state index contributed by atoms with van der Waals surface area (Å²) in [6.45, 7) is 7.10. The summed E-state index contributed by atoms with van der Waals surface area (Å²) < 4.78 is 33.8. The first-order valence-electron chi connectivity index (χ1n) is 11.0. The largest absolute Gasteiger partial charge is 0.381 e. The Labute approximate surface area is 181 Å². The highest BCUT2D eigenvalue weighted by atomic mass is 32.2. The van der Waals surface area contributed by atoms with Crippen molar-refractivity contribution in [3.05, 3.63) is 46.0 Å². The maximum Gasteiger partial charge on any atom is 0.277 e. The molecule has 0 aliphatic carbocycles. The van der Waals surface area contributed by atoms with E-state index in [0.29, 0.717) is 24.8 Å². The van der Waals surface area contributed by atoms with Gasteiger partial charge in [0.15, 0.2) is 5.65 Å². The molecule has 31 heavy (non-hydrogen) atoms. The SMILES string of the molecule is C=CCS(=O)(=O)N1CCCC1c1cc2nc3c(c(=O)n2[nH]1)CN(C1CCOCC1)CC3. The summed E-state index contributed by atoms with van der Waals surface area (Å²) in [7, 11) is -3.42. The maximum absolute atomic E-state index is 13.3. The minimum Gasteiger partial charge on any atom is -0.381 e. The van der Waals surface area contributed by atoms with Gasteiger partial charge in [0.1, 0.15) is 0 Å². The van der Waals surface area contributed by atoms with Crippen LogP contribution in [-0.2, 0) is 27.7 Å². The summed E-state index contributed by atoms with van der Waals surface area (Å²) in [6.07, 6.45) is 5.66. The number of rotatable bonds is 5. The van der Waals surface area contributed by atoms with Crippen LogP contribution in [0.2, 0.25) is 0 Å². The highest BCUT2D eigenvalue weighted by Crippen LogP contribution is 2.34. The average molecular weight is 448 g/mol. The van der Waals surface area contributed by atoms with Crippen molar-refractivity contribution in [2.24, 2.45) is 0 Å². The van der Waals surface area contributed by atoms with Crippen LogP contribution in [0.25, 0.3) is 5.65 Å². The fraction of sp³-hybridized carbons (Fsp3) is 0.619. The number of hydrogen-bond donors (Lipinski definition) is 1. The lowest BCUT2D eigenvalue weighted by atomic mass is 10.0. The van der Waals surface area contributed by atoms with E-state index in [9.17, 15) is 13.2 Å². The molecule has 0 amide bonds. The van der Waals surface area contributed by atoms with Gasteiger partial charge in [0, 0.05) is 51.4 Å². The molecule has 2 fully saturated rings. The Balaban J connectivity index is 1.47. The number of aromatic nitrogens is 3. The van der Waals surface area contributed by atoms with Crippen LogP contribution in [0.3, 0.4) is 0 Å². The van der Waals surface area contributed by atoms with Crippen LogP contribution < -0.4 is 5.56 Å². The summed E-state index contributed by atoms with van der Waals surface area (Å²) in [5, 5.41) is 3.17. The second-order valence-electron chi connectivity index (χ2n) is 8.65. The monoisotopic (exact) mass is 447 g/mol. The Hall–Kier alpha value is -2.01. The van der Waals surface area contributed by atoms with Crippen LogP contribution in [-0.4, -0.2) is 70.3 Å². The molecular formula is C21H29N5O4S. The van der Waals surface area contributed by atoms with E-state index in [0.717, 1.165) is 68.8 Å². The van der Waals surface area contributed by atoms with E-state index in [-0.39, 0.29) is 17.4 Å². The highest BCUT2D eigenvalue weighted by Gasteiger charge is 2.36. The van der Waals surface area contributed by atoms with Gasteiger partial charge in [-0.15, -0.1) is 6.58 Å². The second kappa shape index (κ2) is 8.16. The zero-order valence-electron chi connectivity index (χ0n) is 17.6. The van der Waals surface area contributed by atoms with E-state index in [2.05, 4.69) is 16.6 Å². The molecule has 0 spiro atoms. The lowest BCUT2D eigenvalue weighted by Crippen LogP contribution is -2.44. The van der Waals surface area contributed by atoms with Crippen LogP contribution in [0.1, 0.15) is 48.7 Å². The standard InChI is InChI=1S/C21H29N5O4S/c1-2-12-31(28,29)25-8-3-4-19(25)18-13-20-22-17-5-9-24(15-6-10-30-11-7-15)14-16(17)21(27)26(20)23-18/h2,13,15,19,23H,1,3-12,14H2. The number of H-pyrrole nitrogens is 1. The number of nitrogens with one attached hydrogen (secondary N) is 1. The predicted octanol–water partition coefficient (Wildman–Crippen LogP) is 1.21. The Kier molecular flexibility index (Phi) is 5.49. The van der Waals surface area contributed by atoms with E-state index in [1.54, 1.807) is 0 Å². The van der Waals surface area contributed by atoms with Gasteiger partial charge >= 0.3 is 0 Å². The molecule has 0 saturated carbocycles. The Bertz CT molecular complexity index is 1150. The van der Waals surface area contributed by atoms with Crippen molar-refractivity contribution in [1.82, 2.24) is 23.8 Å². The summed E-state index contributed by atoms with van der Waals surface area (Å²) in [6, 6.07) is 1.98. The van der Waals surface area contributed by atoms with E-state index < -0.39 is 10.0 Å². The Morgan fingerprint density at radius 1 is 1.26 bits per heavy atom. The minimum absolute atomic E-state index is 0.0819. The van der Waals surface area contributed by atoms with Crippen LogP contribution in [0.4, 0.5) is 0 Å². The van der Waals surface area contributed by atoms with Gasteiger partial charge in [-0.3, -0.25) is 14.8 Å². The van der Waals surface area contributed by atoms with E-state index in [4.69, 9.17) is 9.72 Å². The van der Waals surface area contributed by atoms with Gasteiger partial charge in [-0.25, -0.2) is 17.9 Å². The van der Waals surface area contributed by atoms with Crippen molar-refractivity contribution in [3.8, 4) is 0 Å². The fourth-order valence-corrected chi connectivity index (χ4v) is 6.69. The summed E-state index contributed by atoms with van der Waals surface area (Å²) in [5.74, 6) is -0.0851.